The van der Waals surface area contributed by atoms with Crippen LogP contribution in [0.15, 0.2) is 41.6 Å². The van der Waals surface area contributed by atoms with Gasteiger partial charge >= 0.3 is 5.97 Å². The van der Waals surface area contributed by atoms with Crippen LogP contribution in [0.5, 0.6) is 28.7 Å². The Labute approximate surface area is 406 Å². The van der Waals surface area contributed by atoms with Gasteiger partial charge in [0.05, 0.1) is 106 Å². The number of ether oxygens (including phenoxy) is 13. The van der Waals surface area contributed by atoms with Crippen LogP contribution in [0.25, 0.3) is 0 Å². The van der Waals surface area contributed by atoms with Crippen LogP contribution in [0.1, 0.15) is 48.8 Å². The van der Waals surface area contributed by atoms with Crippen molar-refractivity contribution in [3.8, 4) is 28.7 Å². The lowest BCUT2D eigenvalue weighted by Crippen LogP contribution is -2.43. The van der Waals surface area contributed by atoms with Crippen molar-refractivity contribution in [2.24, 2.45) is 5.16 Å². The molecule has 1 fully saturated rings. The minimum Gasteiger partial charge on any atom is -0.493 e. The van der Waals surface area contributed by atoms with Gasteiger partial charge in [-0.25, -0.2) is 4.79 Å². The van der Waals surface area contributed by atoms with Crippen molar-refractivity contribution in [2.75, 3.05) is 140 Å². The highest BCUT2D eigenvalue weighted by molar-refractivity contribution is 6.09. The number of oxime groups is 1. The van der Waals surface area contributed by atoms with E-state index in [0.717, 1.165) is 28.0 Å². The molecule has 70 heavy (non-hydrogen) atoms. The number of hydrogen-bond donors (Lipinski definition) is 1. The summed E-state index contributed by atoms with van der Waals surface area (Å²) in [7, 11) is 3.14. The lowest BCUT2D eigenvalue weighted by molar-refractivity contribution is -0.198. The second-order valence-electron chi connectivity index (χ2n) is 16.1. The Bertz CT molecular complexity index is 2070. The van der Waals surface area contributed by atoms with Crippen molar-refractivity contribution in [2.45, 2.75) is 50.7 Å². The summed E-state index contributed by atoms with van der Waals surface area (Å²) in [6, 6.07) is 7.47. The van der Waals surface area contributed by atoms with Crippen LogP contribution in [0.3, 0.4) is 0 Å². The summed E-state index contributed by atoms with van der Waals surface area (Å²) in [4.78, 5) is 57.9. The first-order chi connectivity index (χ1) is 34.2. The number of carbonyl (C=O) groups is 4. The average molecular weight is 989 g/mol. The first-order valence-corrected chi connectivity index (χ1v) is 23.4. The second-order valence-corrected chi connectivity index (χ2v) is 16.1. The van der Waals surface area contributed by atoms with E-state index in [9.17, 15) is 19.2 Å². The summed E-state index contributed by atoms with van der Waals surface area (Å²) in [5.41, 5.74) is 3.98. The summed E-state index contributed by atoms with van der Waals surface area (Å²) in [5.74, 6) is 0.596. The predicted octanol–water partition coefficient (Wildman–Crippen LogP) is 2.00. The van der Waals surface area contributed by atoms with E-state index in [1.807, 2.05) is 25.1 Å². The number of hydroxylamine groups is 2. The molecule has 0 saturated carbocycles. The summed E-state index contributed by atoms with van der Waals surface area (Å²) in [6.07, 6.45) is 0.0195. The van der Waals surface area contributed by atoms with Crippen LogP contribution in [0.2, 0.25) is 0 Å². The van der Waals surface area contributed by atoms with E-state index >= 15 is 0 Å². The van der Waals surface area contributed by atoms with E-state index in [1.165, 1.54) is 0 Å². The summed E-state index contributed by atoms with van der Waals surface area (Å²) >= 11 is 0. The molecule has 0 aliphatic carbocycles. The maximum atomic E-state index is 12.8. The number of amides is 3. The molecule has 0 aromatic heterocycles. The Morgan fingerprint density at radius 3 is 1.97 bits per heavy atom. The minimum atomic E-state index is -0.709. The first kappa shape index (κ1) is 53.8. The molecule has 6 rings (SSSR count). The number of benzene rings is 2. The van der Waals surface area contributed by atoms with Gasteiger partial charge in [0.2, 0.25) is 0 Å². The van der Waals surface area contributed by atoms with Crippen LogP contribution in [0, 0.1) is 0 Å². The number of nitrogens with zero attached hydrogens (tertiary/aromatic N) is 2. The predicted molar refractivity (Wildman–Crippen MR) is 247 cm³/mol. The van der Waals surface area contributed by atoms with Crippen molar-refractivity contribution in [1.82, 2.24) is 10.4 Å². The van der Waals surface area contributed by atoms with E-state index in [4.69, 9.17) is 66.5 Å². The normalized spacial score (nSPS) is 18.2. The van der Waals surface area contributed by atoms with Crippen molar-refractivity contribution < 1.29 is 90.4 Å². The third kappa shape index (κ3) is 16.0. The molecule has 0 bridgehead atoms. The van der Waals surface area contributed by atoms with E-state index in [0.29, 0.717) is 139 Å². The molecule has 22 heteroatoms. The van der Waals surface area contributed by atoms with E-state index < -0.39 is 23.9 Å². The lowest BCUT2D eigenvalue weighted by atomic mass is 9.80. The first-order valence-electron chi connectivity index (χ1n) is 23.4. The summed E-state index contributed by atoms with van der Waals surface area (Å²) in [6.45, 7) is 12.5. The molecule has 2 N–H and O–H groups in total. The molecular weight excluding hydrogens is 923 g/mol. The van der Waals surface area contributed by atoms with Crippen LogP contribution in [0.4, 0.5) is 0 Å². The van der Waals surface area contributed by atoms with Crippen molar-refractivity contribution in [3.63, 3.8) is 0 Å². The van der Waals surface area contributed by atoms with Gasteiger partial charge in [-0.2, -0.15) is 0 Å². The van der Waals surface area contributed by atoms with Gasteiger partial charge in [0.25, 0.3) is 17.7 Å². The van der Waals surface area contributed by atoms with Gasteiger partial charge < -0.3 is 76.6 Å². The smallest absolute Gasteiger partial charge is 0.335 e. The number of hydrogen-bond acceptors (Lipinski definition) is 19. The molecule has 22 nitrogen and oxygen atoms in total. The van der Waals surface area contributed by atoms with Gasteiger partial charge in [0.1, 0.15) is 55.0 Å². The fourth-order valence-electron chi connectivity index (χ4n) is 7.58. The Morgan fingerprint density at radius 2 is 1.36 bits per heavy atom. The molecule has 3 atom stereocenters. The molecule has 0 radical (unpaired) electrons. The van der Waals surface area contributed by atoms with Crippen molar-refractivity contribution >= 4 is 29.4 Å². The van der Waals surface area contributed by atoms with Gasteiger partial charge in [-0.1, -0.05) is 11.7 Å². The van der Waals surface area contributed by atoms with Crippen molar-refractivity contribution in [1.29, 1.82) is 0 Å². The third-order valence-electron chi connectivity index (χ3n) is 11.1. The molecule has 0 unspecified atom stereocenters. The monoisotopic (exact) mass is 988 g/mol. The van der Waals surface area contributed by atoms with Crippen LogP contribution in [-0.2, 0) is 68.4 Å². The Balaban J connectivity index is 0.736. The molecule has 4 heterocycles. The standard InChI is InChI=1S/C48H65N3O19/c1-32(2)37-28-35-36(68-37)6-5-33-47(46-34-27-39(56-3)40(57-4)29-38(34)66-30-41(46)69-48(33)35)50-67-31-42(52)49-10-12-59-14-16-61-18-20-63-22-24-65-26-25-64-23-21-62-19-17-60-15-13-58-11-9-45(55)70-51-43(53)7-8-44(51)54/h5-6,27,29,37,41,46H,1,7-26,28,30-31H2,2-4H3,(H,49,52)/p+1/b50-47+/t37-,41-,46+/m1/s1. The number of fused-ring (bicyclic) bond motifs is 6. The highest BCUT2D eigenvalue weighted by Gasteiger charge is 2.45. The molecular formula is C48H66N3O19+. The fraction of sp³-hybridized carbons (Fsp3) is 0.604. The molecule has 4 aliphatic rings. The van der Waals surface area contributed by atoms with Gasteiger partial charge in [0.15, 0.2) is 31.3 Å². The Morgan fingerprint density at radius 1 is 0.771 bits per heavy atom. The third-order valence-corrected chi connectivity index (χ3v) is 11.1. The summed E-state index contributed by atoms with van der Waals surface area (Å²) in [5, 5.41) is 7.90. The molecule has 1 saturated heterocycles. The van der Waals surface area contributed by atoms with Crippen LogP contribution in [-0.4, -0.2) is 191 Å². The molecule has 0 spiro atoms. The van der Waals surface area contributed by atoms with E-state index in [2.05, 4.69) is 21.8 Å². The molecule has 4 aliphatic heterocycles. The zero-order valence-corrected chi connectivity index (χ0v) is 40.2. The van der Waals surface area contributed by atoms with Crippen molar-refractivity contribution in [3.05, 3.63) is 53.1 Å². The maximum Gasteiger partial charge on any atom is 0.335 e. The molecule has 2 aromatic rings. The van der Waals surface area contributed by atoms with Gasteiger partial charge in [-0.15, -0.1) is 5.06 Å². The van der Waals surface area contributed by atoms with Gasteiger partial charge in [-0.05, 0) is 30.7 Å². The highest BCUT2D eigenvalue weighted by atomic mass is 16.7. The Hall–Kier alpha value is -5.59. The second kappa shape index (κ2) is 28.9. The van der Waals surface area contributed by atoms with Gasteiger partial charge in [-0.3, -0.25) is 14.4 Å². The number of methoxy groups -OCH3 is 2. The number of aliphatic hydroxyl groups is 2. The molecule has 2 aromatic carbocycles. The van der Waals surface area contributed by atoms with Crippen LogP contribution < -0.4 is 29.0 Å². The number of carbonyl (C=O) groups excluding carboxylic acids is 4. The quantitative estimate of drug-likeness (QED) is 0.0347. The SMILES string of the molecule is C=C(C)[C@H]1Cc2c(ccc3c2O[C@@H]2COc4cc(OC)c(OC)cc4[C@@H]2/C3=N/OCC(=O)NCCOCC[OH+]CCOCCOCCOCCOCCOCCOCCC(=O)ON2C(=O)CCC2=O)O1. The summed E-state index contributed by atoms with van der Waals surface area (Å²) < 4.78 is 72.9. The molecule has 3 amide bonds. The van der Waals surface area contributed by atoms with E-state index in [1.54, 1.807) is 20.3 Å². The average Bonchev–Trinajstić information content (AvgIpc) is 3.95. The Kier molecular flexibility index (Phi) is 22.2. The maximum absolute atomic E-state index is 12.8. The minimum absolute atomic E-state index is 0.0487. The number of nitrogens with one attached hydrogen (secondary N) is 1. The molecule has 386 valence electrons. The largest absolute Gasteiger partial charge is 0.493 e. The van der Waals surface area contributed by atoms with Gasteiger partial charge in [0, 0.05) is 48.6 Å². The lowest BCUT2D eigenvalue weighted by Gasteiger charge is -2.39. The number of imide groups is 1. The number of rotatable bonds is 34. The zero-order valence-electron chi connectivity index (χ0n) is 40.2. The van der Waals surface area contributed by atoms with E-state index in [-0.39, 0.29) is 63.6 Å². The fourth-order valence-corrected chi connectivity index (χ4v) is 7.58. The highest BCUT2D eigenvalue weighted by Crippen LogP contribution is 2.50. The zero-order chi connectivity index (χ0) is 49.5. The van der Waals surface area contributed by atoms with Crippen LogP contribution >= 0.6 is 0 Å². The topological polar surface area (TPSA) is 238 Å².